The number of imide groups is 1. The molecule has 1 fully saturated rings. The van der Waals surface area contributed by atoms with Crippen molar-refractivity contribution in [2.75, 3.05) is 4.90 Å². The Kier molecular flexibility index (Phi) is 5.14. The van der Waals surface area contributed by atoms with E-state index in [-0.39, 0.29) is 33.5 Å². The summed E-state index contributed by atoms with van der Waals surface area (Å²) in [6.45, 7) is 0. The number of carbonyl (C=O) groups excluding carboxylic acids is 3. The van der Waals surface area contributed by atoms with Gasteiger partial charge in [-0.05, 0) is 36.4 Å². The van der Waals surface area contributed by atoms with Gasteiger partial charge in [0.2, 0.25) is 0 Å². The predicted octanol–water partition coefficient (Wildman–Crippen LogP) is 4.57. The van der Waals surface area contributed by atoms with E-state index in [2.05, 4.69) is 0 Å². The van der Waals surface area contributed by atoms with Crippen molar-refractivity contribution in [3.63, 3.8) is 0 Å². The second kappa shape index (κ2) is 7.61. The average molecular weight is 435 g/mol. The fourth-order valence-corrected chi connectivity index (χ4v) is 4.54. The molecule has 1 aromatic carbocycles. The fraction of sp³-hybridized carbons (Fsp3) is 0.250. The van der Waals surface area contributed by atoms with Crippen LogP contribution in [0, 0.1) is 11.7 Å². The number of esters is 1. The van der Waals surface area contributed by atoms with Crippen LogP contribution in [-0.4, -0.2) is 17.9 Å². The molecule has 1 aromatic heterocycles. The van der Waals surface area contributed by atoms with Gasteiger partial charge in [0, 0.05) is 5.56 Å². The minimum absolute atomic E-state index is 0.00591. The minimum Gasteiger partial charge on any atom is -0.424 e. The SMILES string of the molecule is NC(=O)N1C(=O)C(=C(OC(=O)C2CCCC2)c2cccs2)c2cc(F)c(Cl)cc21. The third-order valence-corrected chi connectivity index (χ3v) is 6.21. The Labute approximate surface area is 174 Å². The van der Waals surface area contributed by atoms with Crippen molar-refractivity contribution in [1.82, 2.24) is 0 Å². The molecule has 9 heteroatoms. The fourth-order valence-electron chi connectivity index (χ4n) is 3.67. The molecule has 2 aliphatic rings. The minimum atomic E-state index is -1.04. The van der Waals surface area contributed by atoms with E-state index in [4.69, 9.17) is 22.1 Å². The summed E-state index contributed by atoms with van der Waals surface area (Å²) in [6.07, 6.45) is 3.30. The van der Waals surface area contributed by atoms with E-state index in [1.165, 1.54) is 11.3 Å². The summed E-state index contributed by atoms with van der Waals surface area (Å²) in [5.74, 6) is -2.27. The van der Waals surface area contributed by atoms with Crippen LogP contribution in [0.25, 0.3) is 11.3 Å². The lowest BCUT2D eigenvalue weighted by Crippen LogP contribution is -2.38. The van der Waals surface area contributed by atoms with Crippen molar-refractivity contribution in [1.29, 1.82) is 0 Å². The highest BCUT2D eigenvalue weighted by atomic mass is 35.5. The van der Waals surface area contributed by atoms with E-state index < -0.39 is 23.7 Å². The molecule has 0 radical (unpaired) electrons. The normalized spacial score (nSPS) is 18.1. The van der Waals surface area contributed by atoms with Crippen molar-refractivity contribution >= 4 is 57.9 Å². The van der Waals surface area contributed by atoms with Crippen LogP contribution in [0.1, 0.15) is 36.1 Å². The van der Waals surface area contributed by atoms with E-state index in [9.17, 15) is 18.8 Å². The molecule has 150 valence electrons. The maximum atomic E-state index is 14.2. The van der Waals surface area contributed by atoms with Crippen molar-refractivity contribution in [2.24, 2.45) is 11.7 Å². The van der Waals surface area contributed by atoms with Crippen molar-refractivity contribution in [2.45, 2.75) is 25.7 Å². The molecule has 0 unspecified atom stereocenters. The van der Waals surface area contributed by atoms with E-state index in [1.807, 2.05) is 0 Å². The van der Waals surface area contributed by atoms with Gasteiger partial charge in [-0.15, -0.1) is 11.3 Å². The van der Waals surface area contributed by atoms with Crippen LogP contribution >= 0.6 is 22.9 Å². The zero-order valence-electron chi connectivity index (χ0n) is 15.1. The van der Waals surface area contributed by atoms with Gasteiger partial charge in [0.25, 0.3) is 5.91 Å². The lowest BCUT2D eigenvalue weighted by atomic mass is 10.0. The van der Waals surface area contributed by atoms with Crippen LogP contribution in [-0.2, 0) is 14.3 Å². The number of thiophene rings is 1. The van der Waals surface area contributed by atoms with Crippen LogP contribution in [0.4, 0.5) is 14.9 Å². The molecule has 3 amide bonds. The zero-order chi connectivity index (χ0) is 20.7. The highest BCUT2D eigenvalue weighted by Crippen LogP contribution is 2.44. The number of ether oxygens (including phenoxy) is 1. The molecule has 1 aliphatic carbocycles. The van der Waals surface area contributed by atoms with Crippen molar-refractivity contribution in [3.8, 4) is 0 Å². The van der Waals surface area contributed by atoms with Crippen LogP contribution in [0.15, 0.2) is 29.6 Å². The number of halogens is 2. The Morgan fingerprint density at radius 1 is 1.28 bits per heavy atom. The molecule has 2 aromatic rings. The molecular formula is C20H16ClFN2O4S. The standard InChI is InChI=1S/C20H16ClFN2O4S/c21-12-9-14-11(8-13(12)22)16(18(25)24(14)20(23)27)17(15-6-3-7-29-15)28-19(26)10-4-1-2-5-10/h3,6-10H,1-2,4-5H2,(H2,23,27). The molecule has 1 saturated carbocycles. The first-order chi connectivity index (χ1) is 13.9. The molecule has 2 heterocycles. The van der Waals surface area contributed by atoms with Gasteiger partial charge in [0.1, 0.15) is 5.82 Å². The lowest BCUT2D eigenvalue weighted by Gasteiger charge is -2.14. The molecule has 1 aliphatic heterocycles. The number of urea groups is 1. The molecule has 2 N–H and O–H groups in total. The quantitative estimate of drug-likeness (QED) is 0.435. The van der Waals surface area contributed by atoms with E-state index in [0.717, 1.165) is 25.0 Å². The number of anilines is 1. The van der Waals surface area contributed by atoms with Crippen molar-refractivity contribution in [3.05, 3.63) is 50.9 Å². The molecule has 0 spiro atoms. The summed E-state index contributed by atoms with van der Waals surface area (Å²) >= 11 is 7.10. The summed E-state index contributed by atoms with van der Waals surface area (Å²) in [5, 5.41) is 1.50. The number of carbonyl (C=O) groups is 3. The number of benzene rings is 1. The van der Waals surface area contributed by atoms with E-state index in [1.54, 1.807) is 17.5 Å². The van der Waals surface area contributed by atoms with Gasteiger partial charge in [0.05, 0.1) is 27.1 Å². The Morgan fingerprint density at radius 2 is 2.00 bits per heavy atom. The van der Waals surface area contributed by atoms with Gasteiger partial charge in [-0.1, -0.05) is 30.5 Å². The Bertz CT molecular complexity index is 1050. The largest absolute Gasteiger partial charge is 0.424 e. The monoisotopic (exact) mass is 434 g/mol. The Hall–Kier alpha value is -2.71. The lowest BCUT2D eigenvalue weighted by molar-refractivity contribution is -0.141. The smallest absolute Gasteiger partial charge is 0.326 e. The number of nitrogens with two attached hydrogens (primary N) is 1. The Morgan fingerprint density at radius 3 is 2.62 bits per heavy atom. The van der Waals surface area contributed by atoms with Gasteiger partial charge in [-0.25, -0.2) is 14.1 Å². The van der Waals surface area contributed by atoms with E-state index >= 15 is 0 Å². The number of hydrogen-bond acceptors (Lipinski definition) is 5. The number of amides is 3. The average Bonchev–Trinajstić information content (AvgIpc) is 3.41. The number of hydrogen-bond donors (Lipinski definition) is 1. The van der Waals surface area contributed by atoms with Crippen LogP contribution in [0.5, 0.6) is 0 Å². The summed E-state index contributed by atoms with van der Waals surface area (Å²) in [6, 6.07) is 4.58. The van der Waals surface area contributed by atoms with Gasteiger partial charge in [-0.2, -0.15) is 0 Å². The molecule has 4 rings (SSSR count). The van der Waals surface area contributed by atoms with Gasteiger partial charge >= 0.3 is 12.0 Å². The topological polar surface area (TPSA) is 89.7 Å². The highest BCUT2D eigenvalue weighted by molar-refractivity contribution is 7.11. The maximum absolute atomic E-state index is 14.2. The molecule has 0 saturated heterocycles. The molecule has 0 bridgehead atoms. The van der Waals surface area contributed by atoms with Gasteiger partial charge < -0.3 is 10.5 Å². The molecule has 0 atom stereocenters. The maximum Gasteiger partial charge on any atom is 0.326 e. The Balaban J connectivity index is 1.90. The molecule has 29 heavy (non-hydrogen) atoms. The number of rotatable bonds is 3. The van der Waals surface area contributed by atoms with E-state index in [0.29, 0.717) is 22.6 Å². The third-order valence-electron chi connectivity index (χ3n) is 5.05. The second-order valence-electron chi connectivity index (χ2n) is 6.85. The third kappa shape index (κ3) is 3.42. The van der Waals surface area contributed by atoms with Crippen LogP contribution in [0.3, 0.4) is 0 Å². The van der Waals surface area contributed by atoms with Gasteiger partial charge in [-0.3, -0.25) is 9.59 Å². The number of nitrogens with zero attached hydrogens (tertiary/aromatic N) is 1. The predicted molar refractivity (Wildman–Crippen MR) is 108 cm³/mol. The van der Waals surface area contributed by atoms with Crippen LogP contribution in [0.2, 0.25) is 5.02 Å². The second-order valence-corrected chi connectivity index (χ2v) is 8.20. The van der Waals surface area contributed by atoms with Crippen molar-refractivity contribution < 1.29 is 23.5 Å². The summed E-state index contributed by atoms with van der Waals surface area (Å²) < 4.78 is 19.9. The highest BCUT2D eigenvalue weighted by Gasteiger charge is 2.41. The summed E-state index contributed by atoms with van der Waals surface area (Å²) in [4.78, 5) is 38.9. The molecular weight excluding hydrogens is 419 g/mol. The summed E-state index contributed by atoms with van der Waals surface area (Å²) in [7, 11) is 0. The number of primary amides is 1. The van der Waals surface area contributed by atoms with Crippen LogP contribution < -0.4 is 10.6 Å². The molecule has 6 nitrogen and oxygen atoms in total. The first-order valence-electron chi connectivity index (χ1n) is 9.01. The summed E-state index contributed by atoms with van der Waals surface area (Å²) in [5.41, 5.74) is 5.43. The zero-order valence-corrected chi connectivity index (χ0v) is 16.7. The number of fused-ring (bicyclic) bond motifs is 1. The van der Waals surface area contributed by atoms with Gasteiger partial charge in [0.15, 0.2) is 5.76 Å². The first-order valence-corrected chi connectivity index (χ1v) is 10.3. The first kappa shape index (κ1) is 19.6.